The summed E-state index contributed by atoms with van der Waals surface area (Å²) in [5.41, 5.74) is 3.40. The fourth-order valence-electron chi connectivity index (χ4n) is 4.37. The minimum absolute atomic E-state index is 0.00324. The third-order valence-electron chi connectivity index (χ3n) is 6.39. The van der Waals surface area contributed by atoms with Crippen LogP contribution in [0.3, 0.4) is 0 Å². The Morgan fingerprint density at radius 1 is 1.00 bits per heavy atom. The van der Waals surface area contributed by atoms with Gasteiger partial charge in [-0.3, -0.25) is 9.59 Å². The van der Waals surface area contributed by atoms with Gasteiger partial charge >= 0.3 is 0 Å². The number of aryl methyl sites for hydroxylation is 2. The second-order valence-electron chi connectivity index (χ2n) is 9.19. The Morgan fingerprint density at radius 2 is 1.61 bits per heavy atom. The van der Waals surface area contributed by atoms with Crippen molar-refractivity contribution in [3.8, 4) is 5.75 Å². The van der Waals surface area contributed by atoms with Gasteiger partial charge in [-0.15, -0.1) is 0 Å². The molecular formula is C28H38N2O3. The van der Waals surface area contributed by atoms with Gasteiger partial charge in [-0.1, -0.05) is 67.3 Å². The highest BCUT2D eigenvalue weighted by atomic mass is 16.5. The second-order valence-corrected chi connectivity index (χ2v) is 9.19. The summed E-state index contributed by atoms with van der Waals surface area (Å²) >= 11 is 0. The first-order chi connectivity index (χ1) is 16.0. The standard InChI is InChI=1S/C28H38N2O3/c1-4-26(28(32)29-24-8-5-6-9-24)30(20-23-15-11-21(2)12-16-23)27(31)10-7-19-33-25-17-13-22(3)14-18-25/h11-18,24,26H,4-10,19-20H2,1-3H3,(H,29,32)/t26-/m1/s1. The average Bonchev–Trinajstić information content (AvgIpc) is 3.32. The van der Waals surface area contributed by atoms with Crippen LogP contribution in [0.4, 0.5) is 0 Å². The Hall–Kier alpha value is -2.82. The third kappa shape index (κ3) is 7.62. The molecule has 1 aliphatic carbocycles. The predicted molar refractivity (Wildman–Crippen MR) is 132 cm³/mol. The quantitative estimate of drug-likeness (QED) is 0.471. The molecule has 0 aromatic heterocycles. The fraction of sp³-hybridized carbons (Fsp3) is 0.500. The number of carbonyl (C=O) groups is 2. The number of benzene rings is 2. The van der Waals surface area contributed by atoms with Crippen molar-refractivity contribution in [2.24, 2.45) is 0 Å². The Bertz CT molecular complexity index is 886. The Balaban J connectivity index is 1.63. The van der Waals surface area contributed by atoms with Gasteiger partial charge in [-0.05, 0) is 57.2 Å². The summed E-state index contributed by atoms with van der Waals surface area (Å²) in [5, 5.41) is 3.20. The van der Waals surface area contributed by atoms with Gasteiger partial charge in [0.25, 0.3) is 0 Å². The van der Waals surface area contributed by atoms with E-state index in [0.29, 0.717) is 32.4 Å². The molecule has 5 heteroatoms. The van der Waals surface area contributed by atoms with E-state index in [1.165, 1.54) is 11.1 Å². The predicted octanol–water partition coefficient (Wildman–Crippen LogP) is 5.33. The molecule has 178 valence electrons. The maximum absolute atomic E-state index is 13.3. The molecule has 1 atom stereocenters. The molecule has 0 heterocycles. The van der Waals surface area contributed by atoms with E-state index in [2.05, 4.69) is 5.32 Å². The molecule has 0 aliphatic heterocycles. The molecule has 0 saturated heterocycles. The number of hydrogen-bond donors (Lipinski definition) is 1. The largest absolute Gasteiger partial charge is 0.494 e. The first-order valence-electron chi connectivity index (χ1n) is 12.3. The van der Waals surface area contributed by atoms with Crippen molar-refractivity contribution in [1.82, 2.24) is 10.2 Å². The molecule has 3 rings (SSSR count). The first-order valence-corrected chi connectivity index (χ1v) is 12.3. The lowest BCUT2D eigenvalue weighted by molar-refractivity contribution is -0.141. The van der Waals surface area contributed by atoms with Crippen LogP contribution in [0.5, 0.6) is 5.75 Å². The highest BCUT2D eigenvalue weighted by Crippen LogP contribution is 2.20. The fourth-order valence-corrected chi connectivity index (χ4v) is 4.37. The number of nitrogens with zero attached hydrogens (tertiary/aromatic N) is 1. The number of nitrogens with one attached hydrogen (secondary N) is 1. The molecule has 2 aromatic rings. The molecular weight excluding hydrogens is 412 g/mol. The number of carbonyl (C=O) groups excluding carboxylic acids is 2. The molecule has 2 amide bonds. The normalized spacial score (nSPS) is 14.6. The van der Waals surface area contributed by atoms with E-state index >= 15 is 0 Å². The highest BCUT2D eigenvalue weighted by molar-refractivity contribution is 5.87. The zero-order valence-electron chi connectivity index (χ0n) is 20.3. The lowest BCUT2D eigenvalue weighted by atomic mass is 10.1. The van der Waals surface area contributed by atoms with E-state index < -0.39 is 6.04 Å². The van der Waals surface area contributed by atoms with E-state index in [4.69, 9.17) is 4.74 Å². The molecule has 2 aromatic carbocycles. The molecule has 0 unspecified atom stereocenters. The SMILES string of the molecule is CC[C@H](C(=O)NC1CCCC1)N(Cc1ccc(C)cc1)C(=O)CCCOc1ccc(C)cc1. The van der Waals surface area contributed by atoms with Crippen LogP contribution in [-0.2, 0) is 16.1 Å². The zero-order valence-corrected chi connectivity index (χ0v) is 20.3. The maximum Gasteiger partial charge on any atom is 0.243 e. The van der Waals surface area contributed by atoms with Crippen LogP contribution < -0.4 is 10.1 Å². The van der Waals surface area contributed by atoms with Crippen LogP contribution >= 0.6 is 0 Å². The molecule has 5 nitrogen and oxygen atoms in total. The topological polar surface area (TPSA) is 58.6 Å². The third-order valence-corrected chi connectivity index (χ3v) is 6.39. The monoisotopic (exact) mass is 450 g/mol. The summed E-state index contributed by atoms with van der Waals surface area (Å²) in [6.07, 6.45) is 5.94. The summed E-state index contributed by atoms with van der Waals surface area (Å²) in [6, 6.07) is 15.9. The van der Waals surface area contributed by atoms with Crippen LogP contribution in [0.1, 0.15) is 68.6 Å². The van der Waals surface area contributed by atoms with Crippen molar-refractivity contribution in [2.45, 2.75) is 84.3 Å². The lowest BCUT2D eigenvalue weighted by Gasteiger charge is -2.31. The number of amides is 2. The minimum atomic E-state index is -0.461. The van der Waals surface area contributed by atoms with Gasteiger partial charge in [0.1, 0.15) is 11.8 Å². The van der Waals surface area contributed by atoms with Crippen molar-refractivity contribution in [3.05, 3.63) is 65.2 Å². The van der Waals surface area contributed by atoms with Crippen molar-refractivity contribution < 1.29 is 14.3 Å². The van der Waals surface area contributed by atoms with Crippen LogP contribution in [0.2, 0.25) is 0 Å². The van der Waals surface area contributed by atoms with E-state index in [1.807, 2.05) is 69.3 Å². The summed E-state index contributed by atoms with van der Waals surface area (Å²) in [5.74, 6) is 0.782. The minimum Gasteiger partial charge on any atom is -0.494 e. The van der Waals surface area contributed by atoms with E-state index in [-0.39, 0.29) is 17.9 Å². The molecule has 1 saturated carbocycles. The molecule has 0 spiro atoms. The Labute approximate surface area is 198 Å². The van der Waals surface area contributed by atoms with Crippen molar-refractivity contribution >= 4 is 11.8 Å². The van der Waals surface area contributed by atoms with Crippen LogP contribution in [0.25, 0.3) is 0 Å². The van der Waals surface area contributed by atoms with Crippen molar-refractivity contribution in [2.75, 3.05) is 6.61 Å². The van der Waals surface area contributed by atoms with E-state index in [1.54, 1.807) is 4.90 Å². The van der Waals surface area contributed by atoms with E-state index in [9.17, 15) is 9.59 Å². The smallest absolute Gasteiger partial charge is 0.243 e. The zero-order chi connectivity index (χ0) is 23.6. The first kappa shape index (κ1) is 24.8. The van der Waals surface area contributed by atoms with Gasteiger partial charge in [-0.2, -0.15) is 0 Å². The highest BCUT2D eigenvalue weighted by Gasteiger charge is 2.30. The number of hydrogen-bond acceptors (Lipinski definition) is 3. The maximum atomic E-state index is 13.3. The lowest BCUT2D eigenvalue weighted by Crippen LogP contribution is -2.50. The van der Waals surface area contributed by atoms with Crippen molar-refractivity contribution in [1.29, 1.82) is 0 Å². The van der Waals surface area contributed by atoms with Gasteiger partial charge in [0.15, 0.2) is 0 Å². The molecule has 1 N–H and O–H groups in total. The van der Waals surface area contributed by atoms with Crippen LogP contribution in [0.15, 0.2) is 48.5 Å². The van der Waals surface area contributed by atoms with E-state index in [0.717, 1.165) is 37.0 Å². The molecule has 33 heavy (non-hydrogen) atoms. The summed E-state index contributed by atoms with van der Waals surface area (Å²) in [7, 11) is 0. The van der Waals surface area contributed by atoms with Gasteiger partial charge in [0.05, 0.1) is 6.61 Å². The number of rotatable bonds is 11. The number of ether oxygens (including phenoxy) is 1. The van der Waals surface area contributed by atoms with Gasteiger partial charge in [-0.25, -0.2) is 0 Å². The molecule has 1 fully saturated rings. The average molecular weight is 451 g/mol. The van der Waals surface area contributed by atoms with Crippen LogP contribution in [0, 0.1) is 13.8 Å². The summed E-state index contributed by atoms with van der Waals surface area (Å²) in [4.78, 5) is 28.2. The summed E-state index contributed by atoms with van der Waals surface area (Å²) < 4.78 is 5.80. The Kier molecular flexibility index (Phi) is 9.35. The van der Waals surface area contributed by atoms with Gasteiger partial charge < -0.3 is 15.0 Å². The van der Waals surface area contributed by atoms with Crippen LogP contribution in [-0.4, -0.2) is 35.4 Å². The van der Waals surface area contributed by atoms with Gasteiger partial charge in [0, 0.05) is 19.0 Å². The van der Waals surface area contributed by atoms with Gasteiger partial charge in [0.2, 0.25) is 11.8 Å². The second kappa shape index (κ2) is 12.4. The van der Waals surface area contributed by atoms with Crippen molar-refractivity contribution in [3.63, 3.8) is 0 Å². The molecule has 1 aliphatic rings. The Morgan fingerprint density at radius 3 is 2.21 bits per heavy atom. The molecule has 0 bridgehead atoms. The molecule has 0 radical (unpaired) electrons. The summed E-state index contributed by atoms with van der Waals surface area (Å²) in [6.45, 7) is 6.98.